The molecule has 2 aliphatic heterocycles. The van der Waals surface area contributed by atoms with E-state index >= 15 is 0 Å². The molecule has 4 N–H and O–H groups in total. The molecule has 0 aliphatic carbocycles. The van der Waals surface area contributed by atoms with E-state index in [-0.39, 0.29) is 5.70 Å². The molecule has 7 nitrogen and oxygen atoms in total. The van der Waals surface area contributed by atoms with Crippen LogP contribution in [0.1, 0.15) is 18.5 Å². The SMILES string of the molecule is CC1=C(C(=O)O)N2C(=O)[C@H](NC(=O)[C@H](N)c3ccccc3)[C@H]2SC1. The van der Waals surface area contributed by atoms with E-state index in [9.17, 15) is 19.5 Å². The van der Waals surface area contributed by atoms with E-state index in [1.807, 2.05) is 6.07 Å². The molecular formula is C16H17N3O4S. The first-order valence-electron chi connectivity index (χ1n) is 7.40. The van der Waals surface area contributed by atoms with Crippen molar-refractivity contribution in [2.45, 2.75) is 24.4 Å². The average Bonchev–Trinajstić information content (AvgIpc) is 2.59. The number of β-lactam (4-membered cyclic amide) rings is 1. The largest absolute Gasteiger partial charge is 0.477 e. The van der Waals surface area contributed by atoms with Gasteiger partial charge in [0.25, 0.3) is 5.91 Å². The summed E-state index contributed by atoms with van der Waals surface area (Å²) in [6, 6.07) is 7.23. The van der Waals surface area contributed by atoms with Crippen molar-refractivity contribution in [2.75, 3.05) is 5.75 Å². The second kappa shape index (κ2) is 6.29. The molecule has 0 radical (unpaired) electrons. The van der Waals surface area contributed by atoms with Crippen molar-refractivity contribution in [3.8, 4) is 0 Å². The molecule has 1 aromatic rings. The summed E-state index contributed by atoms with van der Waals surface area (Å²) in [4.78, 5) is 37.2. The van der Waals surface area contributed by atoms with Gasteiger partial charge in [-0.1, -0.05) is 30.3 Å². The van der Waals surface area contributed by atoms with Crippen molar-refractivity contribution in [3.63, 3.8) is 0 Å². The Hall–Kier alpha value is -2.32. The number of nitrogens with zero attached hydrogens (tertiary/aromatic N) is 1. The monoisotopic (exact) mass is 347 g/mol. The summed E-state index contributed by atoms with van der Waals surface area (Å²) in [7, 11) is 0. The third kappa shape index (κ3) is 2.67. The topological polar surface area (TPSA) is 113 Å². The first-order chi connectivity index (χ1) is 11.4. The lowest BCUT2D eigenvalue weighted by Gasteiger charge is -2.49. The molecule has 2 aliphatic rings. The van der Waals surface area contributed by atoms with Gasteiger partial charge in [-0.05, 0) is 18.1 Å². The Morgan fingerprint density at radius 2 is 2.04 bits per heavy atom. The van der Waals surface area contributed by atoms with Crippen LogP contribution in [0.3, 0.4) is 0 Å². The van der Waals surface area contributed by atoms with Gasteiger partial charge in [-0.25, -0.2) is 4.79 Å². The van der Waals surface area contributed by atoms with Gasteiger partial charge in [0.2, 0.25) is 5.91 Å². The molecule has 3 rings (SSSR count). The van der Waals surface area contributed by atoms with Gasteiger partial charge in [0.1, 0.15) is 23.2 Å². The second-order valence-electron chi connectivity index (χ2n) is 5.72. The van der Waals surface area contributed by atoms with Crippen LogP contribution >= 0.6 is 11.8 Å². The molecule has 1 aromatic carbocycles. The van der Waals surface area contributed by atoms with Crippen LogP contribution in [0, 0.1) is 0 Å². The predicted molar refractivity (Wildman–Crippen MR) is 88.7 cm³/mol. The van der Waals surface area contributed by atoms with Crippen molar-refractivity contribution in [3.05, 3.63) is 47.2 Å². The van der Waals surface area contributed by atoms with E-state index in [4.69, 9.17) is 5.73 Å². The Labute approximate surface area is 142 Å². The van der Waals surface area contributed by atoms with E-state index in [1.54, 1.807) is 31.2 Å². The summed E-state index contributed by atoms with van der Waals surface area (Å²) in [5.74, 6) is -1.50. The fourth-order valence-electron chi connectivity index (χ4n) is 2.83. The number of carboxylic acid groups (broad SMARTS) is 1. The van der Waals surface area contributed by atoms with E-state index in [0.717, 1.165) is 0 Å². The number of benzene rings is 1. The zero-order valence-corrected chi connectivity index (χ0v) is 13.7. The quantitative estimate of drug-likeness (QED) is 0.682. The minimum absolute atomic E-state index is 0.0154. The van der Waals surface area contributed by atoms with E-state index < -0.39 is 35.2 Å². The molecule has 24 heavy (non-hydrogen) atoms. The number of thioether (sulfide) groups is 1. The molecule has 0 bridgehead atoms. The predicted octanol–water partition coefficient (Wildman–Crippen LogP) is 0.445. The maximum absolute atomic E-state index is 12.3. The fraction of sp³-hybridized carbons (Fsp3) is 0.312. The zero-order chi connectivity index (χ0) is 17.4. The molecule has 0 aromatic heterocycles. The minimum Gasteiger partial charge on any atom is -0.477 e. The lowest BCUT2D eigenvalue weighted by atomic mass is 10.0. The number of carboxylic acids is 1. The van der Waals surface area contributed by atoms with Crippen LogP contribution in [0.4, 0.5) is 0 Å². The number of hydrogen-bond donors (Lipinski definition) is 3. The second-order valence-corrected chi connectivity index (χ2v) is 6.82. The van der Waals surface area contributed by atoms with Gasteiger partial charge >= 0.3 is 5.97 Å². The Kier molecular flexibility index (Phi) is 4.33. The van der Waals surface area contributed by atoms with Gasteiger partial charge in [-0.2, -0.15) is 0 Å². The number of amides is 2. The summed E-state index contributed by atoms with van der Waals surface area (Å²) < 4.78 is 0. The van der Waals surface area contributed by atoms with Crippen LogP contribution in [-0.2, 0) is 14.4 Å². The van der Waals surface area contributed by atoms with Crippen LogP contribution in [0.5, 0.6) is 0 Å². The van der Waals surface area contributed by atoms with E-state index in [1.165, 1.54) is 16.7 Å². The van der Waals surface area contributed by atoms with Crippen molar-refractivity contribution in [1.82, 2.24) is 10.2 Å². The molecule has 0 spiro atoms. The van der Waals surface area contributed by atoms with E-state index in [0.29, 0.717) is 16.9 Å². The van der Waals surface area contributed by atoms with E-state index in [2.05, 4.69) is 5.32 Å². The number of hydrogen-bond acceptors (Lipinski definition) is 5. The van der Waals surface area contributed by atoms with Gasteiger partial charge in [-0.15, -0.1) is 11.8 Å². The van der Waals surface area contributed by atoms with Gasteiger partial charge in [0, 0.05) is 5.75 Å². The third-order valence-electron chi connectivity index (χ3n) is 4.10. The number of carbonyl (C=O) groups excluding carboxylic acids is 2. The first-order valence-corrected chi connectivity index (χ1v) is 8.45. The molecule has 0 unspecified atom stereocenters. The van der Waals surface area contributed by atoms with Crippen LogP contribution < -0.4 is 11.1 Å². The lowest BCUT2D eigenvalue weighted by Crippen LogP contribution is -2.71. The molecule has 126 valence electrons. The first kappa shape index (κ1) is 16.5. The summed E-state index contributed by atoms with van der Waals surface area (Å²) in [6.07, 6.45) is 0. The standard InChI is InChI=1S/C16H17N3O4S/c1-8-7-24-15-11(14(21)19(15)12(8)16(22)23)18-13(20)10(17)9-5-3-2-4-6-9/h2-6,10-11,15H,7,17H2,1H3,(H,18,20)(H,22,23)/t10-,11+,15-/m1/s1. The smallest absolute Gasteiger partial charge is 0.352 e. The lowest BCUT2D eigenvalue weighted by molar-refractivity contribution is -0.150. The third-order valence-corrected chi connectivity index (χ3v) is 5.52. The Bertz CT molecular complexity index is 734. The number of nitrogens with one attached hydrogen (secondary N) is 1. The van der Waals surface area contributed by atoms with Crippen molar-refractivity contribution < 1.29 is 19.5 Å². The maximum atomic E-state index is 12.3. The Morgan fingerprint density at radius 1 is 1.38 bits per heavy atom. The Morgan fingerprint density at radius 3 is 2.67 bits per heavy atom. The van der Waals surface area contributed by atoms with Crippen LogP contribution in [-0.4, -0.2) is 45.0 Å². The normalized spacial score (nSPS) is 24.1. The molecular weight excluding hydrogens is 330 g/mol. The summed E-state index contributed by atoms with van der Waals surface area (Å²) >= 11 is 1.43. The highest BCUT2D eigenvalue weighted by Crippen LogP contribution is 2.40. The molecule has 8 heteroatoms. The summed E-state index contributed by atoms with van der Waals surface area (Å²) in [5.41, 5.74) is 7.24. The number of nitrogens with two attached hydrogens (primary N) is 1. The number of carbonyl (C=O) groups is 3. The molecule has 1 fully saturated rings. The number of fused-ring (bicyclic) bond motifs is 1. The molecule has 2 amide bonds. The number of aliphatic carboxylic acids is 1. The molecule has 2 heterocycles. The fourth-order valence-corrected chi connectivity index (χ4v) is 4.12. The van der Waals surface area contributed by atoms with Gasteiger partial charge in [0.05, 0.1) is 0 Å². The highest BCUT2D eigenvalue weighted by atomic mass is 32.2. The summed E-state index contributed by atoms with van der Waals surface area (Å²) in [5, 5.41) is 11.5. The van der Waals surface area contributed by atoms with Gasteiger partial charge in [0.15, 0.2) is 0 Å². The molecule has 0 saturated carbocycles. The minimum atomic E-state index is -1.13. The highest BCUT2D eigenvalue weighted by molar-refractivity contribution is 8.00. The van der Waals surface area contributed by atoms with Crippen molar-refractivity contribution in [1.29, 1.82) is 0 Å². The van der Waals surface area contributed by atoms with Crippen LogP contribution in [0.2, 0.25) is 0 Å². The van der Waals surface area contributed by atoms with Crippen LogP contribution in [0.15, 0.2) is 41.6 Å². The maximum Gasteiger partial charge on any atom is 0.352 e. The number of rotatable bonds is 4. The van der Waals surface area contributed by atoms with Crippen molar-refractivity contribution in [2.24, 2.45) is 5.73 Å². The summed E-state index contributed by atoms with van der Waals surface area (Å²) in [6.45, 7) is 1.69. The van der Waals surface area contributed by atoms with Gasteiger partial charge in [-0.3, -0.25) is 14.5 Å². The zero-order valence-electron chi connectivity index (χ0n) is 12.9. The van der Waals surface area contributed by atoms with Gasteiger partial charge < -0.3 is 16.2 Å². The Balaban J connectivity index is 1.71. The molecule has 3 atom stereocenters. The molecule has 1 saturated heterocycles. The average molecular weight is 347 g/mol. The van der Waals surface area contributed by atoms with Crippen LogP contribution in [0.25, 0.3) is 0 Å². The highest BCUT2D eigenvalue weighted by Gasteiger charge is 2.53. The van der Waals surface area contributed by atoms with Crippen molar-refractivity contribution >= 4 is 29.5 Å².